The zero-order valence-corrected chi connectivity index (χ0v) is 9.75. The van der Waals surface area contributed by atoms with Gasteiger partial charge in [0.1, 0.15) is 0 Å². The molecule has 1 atom stereocenters. The van der Waals surface area contributed by atoms with E-state index in [0.717, 1.165) is 0 Å². The van der Waals surface area contributed by atoms with E-state index < -0.39 is 11.9 Å². The van der Waals surface area contributed by atoms with Crippen molar-refractivity contribution < 1.29 is 9.90 Å². The Morgan fingerprint density at radius 1 is 1.53 bits per heavy atom. The van der Waals surface area contributed by atoms with Gasteiger partial charge in [-0.15, -0.1) is 0 Å². The summed E-state index contributed by atoms with van der Waals surface area (Å²) in [6.45, 7) is 5.52. The first kappa shape index (κ1) is 12.0. The van der Waals surface area contributed by atoms with E-state index in [1.165, 1.54) is 0 Å². The van der Waals surface area contributed by atoms with Crippen LogP contribution in [0, 0.1) is 12.8 Å². The molecule has 1 aromatic rings. The van der Waals surface area contributed by atoms with Gasteiger partial charge in [-0.1, -0.05) is 25.4 Å². The Bertz CT molecular complexity index is 377. The molecule has 1 heterocycles. The average Bonchev–Trinajstić information content (AvgIpc) is 2.10. The van der Waals surface area contributed by atoms with Crippen LogP contribution in [0.2, 0.25) is 5.02 Å². The fourth-order valence-electron chi connectivity index (χ4n) is 1.50. The van der Waals surface area contributed by atoms with Gasteiger partial charge in [0.05, 0.1) is 16.6 Å². The van der Waals surface area contributed by atoms with Gasteiger partial charge in [0, 0.05) is 6.20 Å². The van der Waals surface area contributed by atoms with Crippen LogP contribution in [0.25, 0.3) is 0 Å². The van der Waals surface area contributed by atoms with Crippen LogP contribution in [0.4, 0.5) is 0 Å². The van der Waals surface area contributed by atoms with E-state index in [4.69, 9.17) is 16.7 Å². The molecule has 0 aromatic carbocycles. The molecule has 4 heteroatoms. The van der Waals surface area contributed by atoms with Crippen molar-refractivity contribution in [2.45, 2.75) is 26.7 Å². The minimum absolute atomic E-state index is 0.0167. The molecule has 0 amide bonds. The third-order valence-electron chi connectivity index (χ3n) is 2.34. The quantitative estimate of drug-likeness (QED) is 0.864. The number of carboxylic acids is 1. The molecule has 1 N–H and O–H groups in total. The summed E-state index contributed by atoms with van der Waals surface area (Å²) < 4.78 is 0. The van der Waals surface area contributed by atoms with Crippen LogP contribution in [-0.2, 0) is 4.79 Å². The van der Waals surface area contributed by atoms with Crippen LogP contribution in [0.15, 0.2) is 12.3 Å². The van der Waals surface area contributed by atoms with Gasteiger partial charge >= 0.3 is 5.97 Å². The molecular formula is C11H14ClNO2. The summed E-state index contributed by atoms with van der Waals surface area (Å²) in [5.74, 6) is -1.37. The van der Waals surface area contributed by atoms with Gasteiger partial charge in [0.2, 0.25) is 0 Å². The van der Waals surface area contributed by atoms with Crippen molar-refractivity contribution in [1.82, 2.24) is 4.98 Å². The maximum atomic E-state index is 11.1. The highest BCUT2D eigenvalue weighted by molar-refractivity contribution is 6.31. The van der Waals surface area contributed by atoms with Gasteiger partial charge in [0.15, 0.2) is 0 Å². The predicted octanol–water partition coefficient (Wildman–Crippen LogP) is 2.87. The highest BCUT2D eigenvalue weighted by Crippen LogP contribution is 2.27. The highest BCUT2D eigenvalue weighted by Gasteiger charge is 2.24. The fraction of sp³-hybridized carbons (Fsp3) is 0.455. The lowest BCUT2D eigenvalue weighted by atomic mass is 9.89. The second-order valence-corrected chi connectivity index (χ2v) is 4.30. The number of hydrogen-bond acceptors (Lipinski definition) is 2. The van der Waals surface area contributed by atoms with Gasteiger partial charge in [0.25, 0.3) is 0 Å². The van der Waals surface area contributed by atoms with Crippen LogP contribution in [0.5, 0.6) is 0 Å². The molecule has 0 aliphatic carbocycles. The monoisotopic (exact) mass is 227 g/mol. The van der Waals surface area contributed by atoms with Crippen molar-refractivity contribution >= 4 is 17.6 Å². The molecule has 0 saturated carbocycles. The predicted molar refractivity (Wildman–Crippen MR) is 59.2 cm³/mol. The van der Waals surface area contributed by atoms with Crippen LogP contribution in [0.1, 0.15) is 31.0 Å². The molecule has 0 radical (unpaired) electrons. The molecule has 15 heavy (non-hydrogen) atoms. The van der Waals surface area contributed by atoms with Crippen molar-refractivity contribution in [2.24, 2.45) is 5.92 Å². The van der Waals surface area contributed by atoms with Crippen molar-refractivity contribution in [3.05, 3.63) is 28.5 Å². The van der Waals surface area contributed by atoms with Crippen molar-refractivity contribution in [2.75, 3.05) is 0 Å². The number of nitrogens with zero attached hydrogens (tertiary/aromatic N) is 1. The molecule has 82 valence electrons. The lowest BCUT2D eigenvalue weighted by Crippen LogP contribution is -2.17. The largest absolute Gasteiger partial charge is 0.481 e. The summed E-state index contributed by atoms with van der Waals surface area (Å²) in [6.07, 6.45) is 1.58. The van der Waals surface area contributed by atoms with Crippen LogP contribution in [0.3, 0.4) is 0 Å². The molecule has 3 nitrogen and oxygen atoms in total. The molecule has 0 aliphatic rings. The number of halogens is 1. The Kier molecular flexibility index (Phi) is 3.69. The van der Waals surface area contributed by atoms with Gasteiger partial charge in [-0.2, -0.15) is 0 Å². The third-order valence-corrected chi connectivity index (χ3v) is 2.72. The Balaban J connectivity index is 3.12. The molecule has 0 aliphatic heterocycles. The molecule has 0 fully saturated rings. The van der Waals surface area contributed by atoms with Crippen LogP contribution < -0.4 is 0 Å². The SMILES string of the molecule is Cc1ncc(C(C(=O)O)C(C)C)cc1Cl. The Labute approximate surface area is 94.1 Å². The maximum absolute atomic E-state index is 11.1. The van der Waals surface area contributed by atoms with Crippen LogP contribution in [-0.4, -0.2) is 16.1 Å². The first-order valence-electron chi connectivity index (χ1n) is 4.78. The Hall–Kier alpha value is -1.09. The van der Waals surface area contributed by atoms with E-state index in [-0.39, 0.29) is 5.92 Å². The summed E-state index contributed by atoms with van der Waals surface area (Å²) in [5.41, 5.74) is 1.38. The molecule has 1 unspecified atom stereocenters. The number of carbonyl (C=O) groups is 1. The normalized spacial score (nSPS) is 12.9. The summed E-state index contributed by atoms with van der Waals surface area (Å²) in [7, 11) is 0. The summed E-state index contributed by atoms with van der Waals surface area (Å²) in [4.78, 5) is 15.1. The van der Waals surface area contributed by atoms with Gasteiger partial charge < -0.3 is 5.11 Å². The van der Waals surface area contributed by atoms with Gasteiger partial charge in [-0.25, -0.2) is 0 Å². The van der Waals surface area contributed by atoms with E-state index in [1.54, 1.807) is 19.2 Å². The molecule has 1 aromatic heterocycles. The summed E-state index contributed by atoms with van der Waals surface area (Å²) in [5, 5.41) is 9.60. The van der Waals surface area contributed by atoms with Crippen molar-refractivity contribution in [1.29, 1.82) is 0 Å². The number of hydrogen-bond donors (Lipinski definition) is 1. The Morgan fingerprint density at radius 2 is 2.13 bits per heavy atom. The lowest BCUT2D eigenvalue weighted by molar-refractivity contribution is -0.139. The minimum Gasteiger partial charge on any atom is -0.481 e. The summed E-state index contributed by atoms with van der Waals surface area (Å²) in [6, 6.07) is 1.68. The van der Waals surface area contributed by atoms with E-state index in [2.05, 4.69) is 4.98 Å². The van der Waals surface area contributed by atoms with Crippen molar-refractivity contribution in [3.8, 4) is 0 Å². The average molecular weight is 228 g/mol. The third kappa shape index (κ3) is 2.69. The Morgan fingerprint density at radius 3 is 2.53 bits per heavy atom. The number of pyridine rings is 1. The smallest absolute Gasteiger partial charge is 0.311 e. The van der Waals surface area contributed by atoms with E-state index >= 15 is 0 Å². The van der Waals surface area contributed by atoms with Gasteiger partial charge in [-0.05, 0) is 24.5 Å². The van der Waals surface area contributed by atoms with Crippen molar-refractivity contribution in [3.63, 3.8) is 0 Å². The molecule has 0 saturated heterocycles. The van der Waals surface area contributed by atoms with E-state index in [1.807, 2.05) is 13.8 Å². The molecular weight excluding hydrogens is 214 g/mol. The number of carboxylic acid groups (broad SMARTS) is 1. The lowest BCUT2D eigenvalue weighted by Gasteiger charge is -2.16. The molecule has 0 bridgehead atoms. The number of rotatable bonds is 3. The van der Waals surface area contributed by atoms with Crippen LogP contribution >= 0.6 is 11.6 Å². The first-order valence-corrected chi connectivity index (χ1v) is 5.16. The maximum Gasteiger partial charge on any atom is 0.311 e. The minimum atomic E-state index is -0.841. The zero-order chi connectivity index (χ0) is 11.6. The number of aliphatic carboxylic acids is 1. The summed E-state index contributed by atoms with van der Waals surface area (Å²) >= 11 is 5.91. The van der Waals surface area contributed by atoms with E-state index in [9.17, 15) is 4.79 Å². The number of aromatic nitrogens is 1. The topological polar surface area (TPSA) is 50.2 Å². The second-order valence-electron chi connectivity index (χ2n) is 3.90. The second kappa shape index (κ2) is 4.62. The molecule has 1 rings (SSSR count). The number of aryl methyl sites for hydroxylation is 1. The zero-order valence-electron chi connectivity index (χ0n) is 8.99. The highest BCUT2D eigenvalue weighted by atomic mass is 35.5. The first-order chi connectivity index (χ1) is 6.93. The van der Waals surface area contributed by atoms with E-state index in [0.29, 0.717) is 16.3 Å². The fourth-order valence-corrected chi connectivity index (χ4v) is 1.68. The van der Waals surface area contributed by atoms with Gasteiger partial charge in [-0.3, -0.25) is 9.78 Å². The molecule has 0 spiro atoms. The standard InChI is InChI=1S/C11H14ClNO2/c1-6(2)10(11(14)15)8-4-9(12)7(3)13-5-8/h4-6,10H,1-3H3,(H,14,15).